The Bertz CT molecular complexity index is 3220. The normalized spacial score (nSPS) is 11.7. The fourth-order valence-corrected chi connectivity index (χ4v) is 7.82. The molecule has 3 aromatic heterocycles. The molecule has 5 heteroatoms. The molecule has 8 aromatic carbocycles. The zero-order chi connectivity index (χ0) is 35.6. The molecule has 3 heterocycles. The lowest BCUT2D eigenvalue weighted by molar-refractivity contribution is 0.669. The molecular formula is C49H29N3O2. The van der Waals surface area contributed by atoms with Crippen LogP contribution in [0.5, 0.6) is 0 Å². The lowest BCUT2D eigenvalue weighted by atomic mass is 9.94. The van der Waals surface area contributed by atoms with Gasteiger partial charge in [-0.2, -0.15) is 0 Å². The zero-order valence-corrected chi connectivity index (χ0v) is 28.9. The van der Waals surface area contributed by atoms with Gasteiger partial charge >= 0.3 is 0 Å². The zero-order valence-electron chi connectivity index (χ0n) is 28.9. The predicted octanol–water partition coefficient (Wildman–Crippen LogP) is 13.2. The highest BCUT2D eigenvalue weighted by Crippen LogP contribution is 2.44. The van der Waals surface area contributed by atoms with E-state index in [-0.39, 0.29) is 0 Å². The van der Waals surface area contributed by atoms with Crippen LogP contribution in [-0.4, -0.2) is 15.0 Å². The number of hydrogen-bond acceptors (Lipinski definition) is 5. The van der Waals surface area contributed by atoms with E-state index in [4.69, 9.17) is 23.8 Å². The monoisotopic (exact) mass is 691 g/mol. The van der Waals surface area contributed by atoms with Gasteiger partial charge in [-0.25, -0.2) is 15.0 Å². The molecule has 0 saturated carbocycles. The summed E-state index contributed by atoms with van der Waals surface area (Å²) in [6, 6.07) is 60.4. The second-order valence-electron chi connectivity index (χ2n) is 13.6. The molecule has 11 rings (SSSR count). The molecule has 54 heavy (non-hydrogen) atoms. The molecule has 0 unspecified atom stereocenters. The molecule has 0 aliphatic rings. The molecule has 0 saturated heterocycles. The maximum Gasteiger partial charge on any atom is 0.164 e. The van der Waals surface area contributed by atoms with Gasteiger partial charge in [0.1, 0.15) is 22.3 Å². The molecule has 0 radical (unpaired) electrons. The molecule has 0 N–H and O–H groups in total. The summed E-state index contributed by atoms with van der Waals surface area (Å²) < 4.78 is 13.0. The first-order valence-corrected chi connectivity index (χ1v) is 18.0. The highest BCUT2D eigenvalue weighted by atomic mass is 16.3. The van der Waals surface area contributed by atoms with Crippen LogP contribution in [0.4, 0.5) is 0 Å². The van der Waals surface area contributed by atoms with Crippen molar-refractivity contribution in [3.8, 4) is 56.4 Å². The standard InChI is InChI=1S/C49H29N3O2/c1-3-13-31(14-4-1)36-18-9-22-42-45(36)46-37(19-10-23-43(46)54-42)34-26-27-40-39(29-34)44-38(20-11-21-41(44)53-40)49-51-47(32-15-5-2-6-16-32)50-48(52-49)35-25-24-30-12-7-8-17-33(30)28-35/h1-29H. The second-order valence-corrected chi connectivity index (χ2v) is 13.6. The molecule has 0 fully saturated rings. The highest BCUT2D eigenvalue weighted by molar-refractivity contribution is 6.19. The van der Waals surface area contributed by atoms with Gasteiger partial charge in [-0.3, -0.25) is 0 Å². The van der Waals surface area contributed by atoms with Crippen LogP contribution in [0.1, 0.15) is 0 Å². The van der Waals surface area contributed by atoms with Crippen LogP contribution in [0.25, 0.3) is 111 Å². The van der Waals surface area contributed by atoms with Crippen molar-refractivity contribution in [1.29, 1.82) is 0 Å². The number of hydrogen-bond donors (Lipinski definition) is 0. The largest absolute Gasteiger partial charge is 0.456 e. The number of furan rings is 2. The van der Waals surface area contributed by atoms with Gasteiger partial charge < -0.3 is 8.83 Å². The third-order valence-electron chi connectivity index (χ3n) is 10.3. The molecule has 5 nitrogen and oxygen atoms in total. The summed E-state index contributed by atoms with van der Waals surface area (Å²) >= 11 is 0. The molecular weight excluding hydrogens is 663 g/mol. The van der Waals surface area contributed by atoms with Crippen molar-refractivity contribution >= 4 is 54.6 Å². The van der Waals surface area contributed by atoms with Crippen molar-refractivity contribution in [1.82, 2.24) is 15.0 Å². The summed E-state index contributed by atoms with van der Waals surface area (Å²) in [4.78, 5) is 15.3. The Morgan fingerprint density at radius 2 is 0.833 bits per heavy atom. The van der Waals surface area contributed by atoms with Gasteiger partial charge in [-0.05, 0) is 69.4 Å². The Morgan fingerprint density at radius 3 is 1.56 bits per heavy atom. The van der Waals surface area contributed by atoms with Crippen molar-refractivity contribution < 1.29 is 8.83 Å². The fourth-order valence-electron chi connectivity index (χ4n) is 7.82. The number of nitrogens with zero attached hydrogens (tertiary/aromatic N) is 3. The van der Waals surface area contributed by atoms with E-state index in [9.17, 15) is 0 Å². The van der Waals surface area contributed by atoms with E-state index in [1.54, 1.807) is 0 Å². The quantitative estimate of drug-likeness (QED) is 0.180. The molecule has 0 atom stereocenters. The van der Waals surface area contributed by atoms with Gasteiger partial charge in [0.25, 0.3) is 0 Å². The Hall–Kier alpha value is -7.37. The van der Waals surface area contributed by atoms with Crippen molar-refractivity contribution in [2.45, 2.75) is 0 Å². The van der Waals surface area contributed by atoms with Gasteiger partial charge in [0.05, 0.1) is 0 Å². The topological polar surface area (TPSA) is 65.0 Å². The summed E-state index contributed by atoms with van der Waals surface area (Å²) in [5.41, 5.74) is 10.5. The van der Waals surface area contributed by atoms with Crippen molar-refractivity contribution in [3.05, 3.63) is 176 Å². The second kappa shape index (κ2) is 12.1. The maximum absolute atomic E-state index is 6.51. The molecule has 0 spiro atoms. The minimum atomic E-state index is 0.584. The lowest BCUT2D eigenvalue weighted by Gasteiger charge is -2.10. The van der Waals surface area contributed by atoms with E-state index >= 15 is 0 Å². The molecule has 0 amide bonds. The van der Waals surface area contributed by atoms with Crippen LogP contribution >= 0.6 is 0 Å². The lowest BCUT2D eigenvalue weighted by Crippen LogP contribution is -2.00. The van der Waals surface area contributed by atoms with Gasteiger partial charge in [-0.1, -0.05) is 140 Å². The van der Waals surface area contributed by atoms with E-state index < -0.39 is 0 Å². The molecule has 11 aromatic rings. The predicted molar refractivity (Wildman–Crippen MR) is 219 cm³/mol. The summed E-state index contributed by atoms with van der Waals surface area (Å²) in [7, 11) is 0. The van der Waals surface area contributed by atoms with Gasteiger partial charge in [0, 0.05) is 38.2 Å². The van der Waals surface area contributed by atoms with Crippen LogP contribution in [0.3, 0.4) is 0 Å². The third kappa shape index (κ3) is 4.90. The Kier molecular flexibility index (Phi) is 6.79. The van der Waals surface area contributed by atoms with E-state index in [0.717, 1.165) is 88.2 Å². The van der Waals surface area contributed by atoms with Gasteiger partial charge in [0.15, 0.2) is 17.5 Å². The molecule has 0 aliphatic carbocycles. The third-order valence-corrected chi connectivity index (χ3v) is 10.3. The number of rotatable bonds is 5. The maximum atomic E-state index is 6.51. The Labute approximate surface area is 309 Å². The smallest absolute Gasteiger partial charge is 0.164 e. The van der Waals surface area contributed by atoms with Crippen molar-refractivity contribution in [3.63, 3.8) is 0 Å². The summed E-state index contributed by atoms with van der Waals surface area (Å²) in [5, 5.41) is 6.43. The number of aromatic nitrogens is 3. The Morgan fingerprint density at radius 1 is 0.296 bits per heavy atom. The first-order chi connectivity index (χ1) is 26.7. The summed E-state index contributed by atoms with van der Waals surface area (Å²) in [5.74, 6) is 1.81. The van der Waals surface area contributed by atoms with Crippen LogP contribution in [-0.2, 0) is 0 Å². The number of benzene rings is 8. The minimum absolute atomic E-state index is 0.584. The van der Waals surface area contributed by atoms with Crippen LogP contribution in [0.15, 0.2) is 185 Å². The fraction of sp³-hybridized carbons (Fsp3) is 0. The highest BCUT2D eigenvalue weighted by Gasteiger charge is 2.20. The van der Waals surface area contributed by atoms with E-state index in [1.165, 1.54) is 5.39 Å². The number of fused-ring (bicyclic) bond motifs is 7. The first kappa shape index (κ1) is 30.3. The van der Waals surface area contributed by atoms with E-state index in [2.05, 4.69) is 127 Å². The van der Waals surface area contributed by atoms with Gasteiger partial charge in [0.2, 0.25) is 0 Å². The van der Waals surface area contributed by atoms with Gasteiger partial charge in [-0.15, -0.1) is 0 Å². The van der Waals surface area contributed by atoms with E-state index in [1.807, 2.05) is 48.5 Å². The van der Waals surface area contributed by atoms with E-state index in [0.29, 0.717) is 17.5 Å². The van der Waals surface area contributed by atoms with Crippen LogP contribution < -0.4 is 0 Å². The van der Waals surface area contributed by atoms with Crippen molar-refractivity contribution in [2.75, 3.05) is 0 Å². The summed E-state index contributed by atoms with van der Waals surface area (Å²) in [6.45, 7) is 0. The minimum Gasteiger partial charge on any atom is -0.456 e. The average Bonchev–Trinajstić information content (AvgIpc) is 3.82. The van der Waals surface area contributed by atoms with Crippen LogP contribution in [0, 0.1) is 0 Å². The molecule has 252 valence electrons. The first-order valence-electron chi connectivity index (χ1n) is 18.0. The van der Waals surface area contributed by atoms with Crippen LogP contribution in [0.2, 0.25) is 0 Å². The molecule has 0 aliphatic heterocycles. The molecule has 0 bridgehead atoms. The Balaban J connectivity index is 1.13. The summed E-state index contributed by atoms with van der Waals surface area (Å²) in [6.07, 6.45) is 0. The average molecular weight is 692 g/mol. The SMILES string of the molecule is c1ccc(-c2nc(-c3ccc4ccccc4c3)nc(-c3cccc4oc5ccc(-c6cccc7oc8cccc(-c9ccccc9)c8c67)cc5c34)n2)cc1. The van der Waals surface area contributed by atoms with Crippen molar-refractivity contribution in [2.24, 2.45) is 0 Å².